The highest BCUT2D eigenvalue weighted by atomic mass is 79.9. The maximum absolute atomic E-state index is 3.63. The van der Waals surface area contributed by atoms with Gasteiger partial charge in [0.1, 0.15) is 0 Å². The first-order chi connectivity index (χ1) is 7.30. The van der Waals surface area contributed by atoms with Crippen molar-refractivity contribution in [3.63, 3.8) is 0 Å². The van der Waals surface area contributed by atoms with Gasteiger partial charge in [-0.3, -0.25) is 0 Å². The summed E-state index contributed by atoms with van der Waals surface area (Å²) in [6.45, 7) is 12.1. The van der Waals surface area contributed by atoms with Crippen LogP contribution < -0.4 is 0 Å². The standard InChI is InChI=1S/C12H25BrN2/c1-3-5-12(10-13)11-15-8-6-14(4-2)7-9-15/h12H,3-11H2,1-2H3. The van der Waals surface area contributed by atoms with Crippen LogP contribution in [-0.2, 0) is 0 Å². The van der Waals surface area contributed by atoms with Crippen LogP contribution in [-0.4, -0.2) is 54.4 Å². The summed E-state index contributed by atoms with van der Waals surface area (Å²) in [4.78, 5) is 5.17. The van der Waals surface area contributed by atoms with Crippen molar-refractivity contribution in [2.45, 2.75) is 26.7 Å². The number of alkyl halides is 1. The second-order valence-corrected chi connectivity index (χ2v) is 5.19. The number of nitrogens with zero attached hydrogens (tertiary/aromatic N) is 2. The van der Waals surface area contributed by atoms with E-state index in [-0.39, 0.29) is 0 Å². The van der Waals surface area contributed by atoms with Crippen LogP contribution in [0.2, 0.25) is 0 Å². The van der Waals surface area contributed by atoms with Crippen LogP contribution in [0.1, 0.15) is 26.7 Å². The van der Waals surface area contributed by atoms with E-state index in [9.17, 15) is 0 Å². The average molecular weight is 277 g/mol. The lowest BCUT2D eigenvalue weighted by Crippen LogP contribution is -2.47. The third-order valence-corrected chi connectivity index (χ3v) is 4.26. The Balaban J connectivity index is 2.21. The largest absolute Gasteiger partial charge is 0.301 e. The SMILES string of the molecule is CCCC(CBr)CN1CCN(CC)CC1. The van der Waals surface area contributed by atoms with E-state index in [2.05, 4.69) is 39.6 Å². The molecule has 1 heterocycles. The van der Waals surface area contributed by atoms with Crippen molar-refractivity contribution in [3.8, 4) is 0 Å². The van der Waals surface area contributed by atoms with Crippen LogP contribution in [0.15, 0.2) is 0 Å². The molecule has 0 aromatic heterocycles. The second kappa shape index (κ2) is 7.64. The number of piperazine rings is 1. The minimum atomic E-state index is 0.850. The van der Waals surface area contributed by atoms with Crippen LogP contribution in [0, 0.1) is 5.92 Å². The summed E-state index contributed by atoms with van der Waals surface area (Å²) < 4.78 is 0. The van der Waals surface area contributed by atoms with Gasteiger partial charge in [-0.2, -0.15) is 0 Å². The van der Waals surface area contributed by atoms with Gasteiger partial charge in [-0.1, -0.05) is 36.2 Å². The molecule has 3 heteroatoms. The Hall–Kier alpha value is 0.400. The number of likely N-dealkylation sites (N-methyl/N-ethyl adjacent to an activating group) is 1. The molecule has 2 nitrogen and oxygen atoms in total. The summed E-state index contributed by atoms with van der Waals surface area (Å²) >= 11 is 3.63. The van der Waals surface area contributed by atoms with Gasteiger partial charge in [0.05, 0.1) is 0 Å². The lowest BCUT2D eigenvalue weighted by molar-refractivity contribution is 0.123. The lowest BCUT2D eigenvalue weighted by atomic mass is 10.1. The first-order valence-corrected chi connectivity index (χ1v) is 7.43. The van der Waals surface area contributed by atoms with Gasteiger partial charge in [0.2, 0.25) is 0 Å². The molecule has 1 aliphatic rings. The molecule has 0 aliphatic carbocycles. The van der Waals surface area contributed by atoms with Crippen molar-refractivity contribution in [1.82, 2.24) is 9.80 Å². The highest BCUT2D eigenvalue weighted by molar-refractivity contribution is 9.09. The van der Waals surface area contributed by atoms with E-state index >= 15 is 0 Å². The molecule has 0 aromatic rings. The Kier molecular flexibility index (Phi) is 6.86. The maximum atomic E-state index is 3.63. The van der Waals surface area contributed by atoms with Crippen LogP contribution in [0.3, 0.4) is 0 Å². The quantitative estimate of drug-likeness (QED) is 0.688. The summed E-state index contributed by atoms with van der Waals surface area (Å²) in [5, 5.41) is 1.16. The number of halogens is 1. The maximum Gasteiger partial charge on any atom is 0.0110 e. The van der Waals surface area contributed by atoms with E-state index < -0.39 is 0 Å². The first kappa shape index (κ1) is 13.5. The van der Waals surface area contributed by atoms with Gasteiger partial charge in [0.25, 0.3) is 0 Å². The fraction of sp³-hybridized carbons (Fsp3) is 1.00. The number of rotatable bonds is 6. The molecule has 0 amide bonds. The molecule has 1 fully saturated rings. The fourth-order valence-corrected chi connectivity index (χ4v) is 2.81. The Bertz CT molecular complexity index is 156. The summed E-state index contributed by atoms with van der Waals surface area (Å²) in [5.41, 5.74) is 0. The minimum absolute atomic E-state index is 0.850. The first-order valence-electron chi connectivity index (χ1n) is 6.30. The van der Waals surface area contributed by atoms with Gasteiger partial charge in [0.15, 0.2) is 0 Å². The van der Waals surface area contributed by atoms with E-state index in [4.69, 9.17) is 0 Å². The molecule has 1 saturated heterocycles. The van der Waals surface area contributed by atoms with E-state index in [1.54, 1.807) is 0 Å². The predicted molar refractivity (Wildman–Crippen MR) is 70.7 cm³/mol. The van der Waals surface area contributed by atoms with Gasteiger partial charge in [-0.25, -0.2) is 0 Å². The molecule has 1 rings (SSSR count). The molecule has 0 saturated carbocycles. The third-order valence-electron chi connectivity index (χ3n) is 3.34. The van der Waals surface area contributed by atoms with Crippen LogP contribution >= 0.6 is 15.9 Å². The molecule has 15 heavy (non-hydrogen) atoms. The predicted octanol–water partition coefficient (Wildman–Crippen LogP) is 2.44. The summed E-state index contributed by atoms with van der Waals surface area (Å²) in [7, 11) is 0. The molecule has 0 aromatic carbocycles. The zero-order valence-electron chi connectivity index (χ0n) is 10.2. The van der Waals surface area contributed by atoms with Gasteiger partial charge < -0.3 is 9.80 Å². The Morgan fingerprint density at radius 1 is 1.07 bits per heavy atom. The monoisotopic (exact) mass is 276 g/mol. The van der Waals surface area contributed by atoms with Crippen molar-refractivity contribution in [2.75, 3.05) is 44.6 Å². The Morgan fingerprint density at radius 3 is 2.13 bits per heavy atom. The molecular weight excluding hydrogens is 252 g/mol. The summed E-state index contributed by atoms with van der Waals surface area (Å²) in [6.07, 6.45) is 2.67. The molecule has 0 radical (unpaired) electrons. The Morgan fingerprint density at radius 2 is 1.67 bits per heavy atom. The zero-order chi connectivity index (χ0) is 11.1. The van der Waals surface area contributed by atoms with E-state index in [1.807, 2.05) is 0 Å². The number of hydrogen-bond acceptors (Lipinski definition) is 2. The van der Waals surface area contributed by atoms with Gasteiger partial charge in [-0.15, -0.1) is 0 Å². The molecule has 1 atom stereocenters. The number of hydrogen-bond donors (Lipinski definition) is 0. The molecule has 0 bridgehead atoms. The van der Waals surface area contributed by atoms with Crippen molar-refractivity contribution >= 4 is 15.9 Å². The van der Waals surface area contributed by atoms with Crippen molar-refractivity contribution < 1.29 is 0 Å². The second-order valence-electron chi connectivity index (χ2n) is 4.54. The van der Waals surface area contributed by atoms with Crippen LogP contribution in [0.4, 0.5) is 0 Å². The molecule has 0 spiro atoms. The highest BCUT2D eigenvalue weighted by Crippen LogP contribution is 2.13. The Labute approximate surface area is 103 Å². The molecular formula is C12H25BrN2. The van der Waals surface area contributed by atoms with Crippen LogP contribution in [0.25, 0.3) is 0 Å². The molecule has 1 unspecified atom stereocenters. The van der Waals surface area contributed by atoms with Crippen molar-refractivity contribution in [2.24, 2.45) is 5.92 Å². The fourth-order valence-electron chi connectivity index (χ4n) is 2.28. The van der Waals surface area contributed by atoms with Gasteiger partial charge in [-0.05, 0) is 18.9 Å². The molecule has 90 valence electrons. The van der Waals surface area contributed by atoms with Crippen LogP contribution in [0.5, 0.6) is 0 Å². The topological polar surface area (TPSA) is 6.48 Å². The van der Waals surface area contributed by atoms with Crippen molar-refractivity contribution in [1.29, 1.82) is 0 Å². The van der Waals surface area contributed by atoms with Crippen molar-refractivity contribution in [3.05, 3.63) is 0 Å². The zero-order valence-corrected chi connectivity index (χ0v) is 11.8. The summed E-state index contributed by atoms with van der Waals surface area (Å²) in [5.74, 6) is 0.850. The highest BCUT2D eigenvalue weighted by Gasteiger charge is 2.18. The van der Waals surface area contributed by atoms with Gasteiger partial charge >= 0.3 is 0 Å². The molecule has 1 aliphatic heterocycles. The van der Waals surface area contributed by atoms with Gasteiger partial charge in [0, 0.05) is 38.1 Å². The van der Waals surface area contributed by atoms with E-state index in [0.717, 1.165) is 11.2 Å². The lowest BCUT2D eigenvalue weighted by Gasteiger charge is -2.35. The molecule has 0 N–H and O–H groups in total. The summed E-state index contributed by atoms with van der Waals surface area (Å²) in [6, 6.07) is 0. The smallest absolute Gasteiger partial charge is 0.0110 e. The van der Waals surface area contributed by atoms with E-state index in [0.29, 0.717) is 0 Å². The minimum Gasteiger partial charge on any atom is -0.301 e. The average Bonchev–Trinajstić information content (AvgIpc) is 2.29. The van der Waals surface area contributed by atoms with E-state index in [1.165, 1.54) is 52.1 Å². The normalized spacial score (nSPS) is 21.8. The third kappa shape index (κ3) is 4.83.